The quantitative estimate of drug-likeness (QED) is 0.668. The normalized spacial score (nSPS) is 10.2. The highest BCUT2D eigenvalue weighted by molar-refractivity contribution is 5.44. The Kier molecular flexibility index (Phi) is 1.77. The molecule has 0 bridgehead atoms. The van der Waals surface area contributed by atoms with Gasteiger partial charge in [-0.05, 0) is 37.3 Å². The maximum atomic E-state index is 5.58. The summed E-state index contributed by atoms with van der Waals surface area (Å²) in [5.74, 6) is 0. The molecule has 0 atom stereocenters. The summed E-state index contributed by atoms with van der Waals surface area (Å²) in [7, 11) is 0. The molecule has 3 nitrogen and oxygen atoms in total. The lowest BCUT2D eigenvalue weighted by atomic mass is 10.3. The first-order valence-electron chi connectivity index (χ1n) is 4.14. The molecule has 0 fully saturated rings. The Labute approximate surface area is 76.8 Å². The van der Waals surface area contributed by atoms with Gasteiger partial charge in [0.1, 0.15) is 0 Å². The van der Waals surface area contributed by atoms with Gasteiger partial charge >= 0.3 is 0 Å². The Morgan fingerprint density at radius 3 is 2.38 bits per heavy atom. The average molecular weight is 173 g/mol. The first-order chi connectivity index (χ1) is 6.25. The molecular weight excluding hydrogens is 162 g/mol. The maximum absolute atomic E-state index is 5.58. The Hall–Kier alpha value is -1.77. The molecule has 1 heterocycles. The number of nitrogens with two attached hydrogens (primary N) is 1. The van der Waals surface area contributed by atoms with Crippen molar-refractivity contribution < 1.29 is 0 Å². The minimum Gasteiger partial charge on any atom is -0.399 e. The third-order valence-corrected chi connectivity index (χ3v) is 1.88. The van der Waals surface area contributed by atoms with Crippen molar-refractivity contribution >= 4 is 5.69 Å². The van der Waals surface area contributed by atoms with E-state index in [1.165, 1.54) is 0 Å². The van der Waals surface area contributed by atoms with Crippen LogP contribution in [0.15, 0.2) is 36.5 Å². The van der Waals surface area contributed by atoms with E-state index in [0.29, 0.717) is 0 Å². The topological polar surface area (TPSA) is 43.8 Å². The van der Waals surface area contributed by atoms with Gasteiger partial charge in [0.15, 0.2) is 0 Å². The molecule has 0 unspecified atom stereocenters. The van der Waals surface area contributed by atoms with Gasteiger partial charge in [0.25, 0.3) is 0 Å². The van der Waals surface area contributed by atoms with Gasteiger partial charge in [-0.1, -0.05) is 0 Å². The fraction of sp³-hybridized carbons (Fsp3) is 0.100. The van der Waals surface area contributed by atoms with Gasteiger partial charge in [-0.15, -0.1) is 0 Å². The Balaban J connectivity index is 2.41. The molecule has 0 aliphatic carbocycles. The number of aromatic nitrogens is 2. The van der Waals surface area contributed by atoms with Crippen LogP contribution >= 0.6 is 0 Å². The number of aryl methyl sites for hydroxylation is 1. The van der Waals surface area contributed by atoms with Gasteiger partial charge in [0.05, 0.1) is 11.4 Å². The Bertz CT molecular complexity index is 400. The SMILES string of the molecule is Cc1ccn(-c2ccc(N)cc2)n1. The zero-order chi connectivity index (χ0) is 9.26. The minimum atomic E-state index is 0.771. The minimum absolute atomic E-state index is 0.771. The standard InChI is InChI=1S/C10H11N3/c1-8-6-7-13(12-8)10-4-2-9(11)3-5-10/h2-7H,11H2,1H3. The Morgan fingerprint density at radius 2 is 1.85 bits per heavy atom. The van der Waals surface area contributed by atoms with Crippen molar-refractivity contribution in [1.29, 1.82) is 0 Å². The van der Waals surface area contributed by atoms with Crippen LogP contribution in [0.4, 0.5) is 5.69 Å². The van der Waals surface area contributed by atoms with Crippen molar-refractivity contribution in [3.05, 3.63) is 42.2 Å². The maximum Gasteiger partial charge on any atom is 0.0647 e. The molecule has 0 amide bonds. The van der Waals surface area contributed by atoms with Gasteiger partial charge < -0.3 is 5.73 Å². The van der Waals surface area contributed by atoms with E-state index in [0.717, 1.165) is 17.1 Å². The van der Waals surface area contributed by atoms with Gasteiger partial charge in [-0.2, -0.15) is 5.10 Å². The molecule has 13 heavy (non-hydrogen) atoms. The van der Waals surface area contributed by atoms with Gasteiger partial charge in [0.2, 0.25) is 0 Å². The molecule has 0 saturated heterocycles. The second-order valence-corrected chi connectivity index (χ2v) is 2.99. The predicted octanol–water partition coefficient (Wildman–Crippen LogP) is 1.76. The van der Waals surface area contributed by atoms with E-state index in [4.69, 9.17) is 5.73 Å². The molecule has 1 aromatic heterocycles. The first kappa shape index (κ1) is 7.86. The van der Waals surface area contributed by atoms with E-state index in [1.807, 2.05) is 48.1 Å². The highest BCUT2D eigenvalue weighted by Gasteiger charge is 1.96. The van der Waals surface area contributed by atoms with Gasteiger partial charge in [0, 0.05) is 11.9 Å². The van der Waals surface area contributed by atoms with E-state index < -0.39 is 0 Å². The summed E-state index contributed by atoms with van der Waals surface area (Å²) in [4.78, 5) is 0. The summed E-state index contributed by atoms with van der Waals surface area (Å²) in [6.45, 7) is 1.97. The van der Waals surface area contributed by atoms with Crippen LogP contribution in [0.5, 0.6) is 0 Å². The number of hydrogen-bond acceptors (Lipinski definition) is 2. The lowest BCUT2D eigenvalue weighted by molar-refractivity contribution is 0.863. The number of hydrogen-bond donors (Lipinski definition) is 1. The molecule has 66 valence electrons. The summed E-state index contributed by atoms with van der Waals surface area (Å²) in [5.41, 5.74) is 8.39. The van der Waals surface area contributed by atoms with E-state index in [2.05, 4.69) is 5.10 Å². The van der Waals surface area contributed by atoms with Crippen LogP contribution < -0.4 is 5.73 Å². The van der Waals surface area contributed by atoms with E-state index >= 15 is 0 Å². The van der Waals surface area contributed by atoms with Crippen molar-refractivity contribution in [3.8, 4) is 5.69 Å². The van der Waals surface area contributed by atoms with E-state index in [1.54, 1.807) is 0 Å². The highest BCUT2D eigenvalue weighted by atomic mass is 15.3. The fourth-order valence-electron chi connectivity index (χ4n) is 1.19. The monoisotopic (exact) mass is 173 g/mol. The molecule has 2 rings (SSSR count). The lowest BCUT2D eigenvalue weighted by Crippen LogP contribution is -1.95. The number of rotatable bonds is 1. The van der Waals surface area contributed by atoms with Crippen molar-refractivity contribution in [2.24, 2.45) is 0 Å². The van der Waals surface area contributed by atoms with Crippen LogP contribution in [0.2, 0.25) is 0 Å². The first-order valence-corrected chi connectivity index (χ1v) is 4.14. The fourth-order valence-corrected chi connectivity index (χ4v) is 1.19. The number of benzene rings is 1. The summed E-state index contributed by atoms with van der Waals surface area (Å²) in [5, 5.41) is 4.29. The highest BCUT2D eigenvalue weighted by Crippen LogP contribution is 2.09. The summed E-state index contributed by atoms with van der Waals surface area (Å²) in [6, 6.07) is 9.60. The van der Waals surface area contributed by atoms with Crippen LogP contribution in [-0.2, 0) is 0 Å². The molecule has 1 aromatic carbocycles. The smallest absolute Gasteiger partial charge is 0.0647 e. The second kappa shape index (κ2) is 2.94. The summed E-state index contributed by atoms with van der Waals surface area (Å²) >= 11 is 0. The van der Waals surface area contributed by atoms with E-state index in [-0.39, 0.29) is 0 Å². The van der Waals surface area contributed by atoms with Gasteiger partial charge in [-0.3, -0.25) is 0 Å². The second-order valence-electron chi connectivity index (χ2n) is 2.99. The lowest BCUT2D eigenvalue weighted by Gasteiger charge is -2.00. The molecule has 2 aromatic rings. The summed E-state index contributed by atoms with van der Waals surface area (Å²) in [6.07, 6.45) is 1.93. The zero-order valence-corrected chi connectivity index (χ0v) is 7.44. The van der Waals surface area contributed by atoms with Crippen molar-refractivity contribution in [2.45, 2.75) is 6.92 Å². The van der Waals surface area contributed by atoms with Gasteiger partial charge in [-0.25, -0.2) is 4.68 Å². The van der Waals surface area contributed by atoms with Crippen LogP contribution in [0.3, 0.4) is 0 Å². The Morgan fingerprint density at radius 1 is 1.15 bits per heavy atom. The molecule has 3 heteroatoms. The van der Waals surface area contributed by atoms with Crippen molar-refractivity contribution in [3.63, 3.8) is 0 Å². The van der Waals surface area contributed by atoms with Crippen molar-refractivity contribution in [1.82, 2.24) is 9.78 Å². The molecule has 0 aliphatic rings. The summed E-state index contributed by atoms with van der Waals surface area (Å²) < 4.78 is 1.83. The predicted molar refractivity (Wildman–Crippen MR) is 52.7 cm³/mol. The molecule has 0 radical (unpaired) electrons. The molecule has 2 N–H and O–H groups in total. The zero-order valence-electron chi connectivity index (χ0n) is 7.44. The third-order valence-electron chi connectivity index (χ3n) is 1.88. The van der Waals surface area contributed by atoms with Crippen LogP contribution in [0.1, 0.15) is 5.69 Å². The number of nitrogens with zero attached hydrogens (tertiary/aromatic N) is 2. The van der Waals surface area contributed by atoms with Crippen LogP contribution in [0.25, 0.3) is 5.69 Å². The van der Waals surface area contributed by atoms with Crippen LogP contribution in [-0.4, -0.2) is 9.78 Å². The largest absolute Gasteiger partial charge is 0.399 e. The van der Waals surface area contributed by atoms with Crippen LogP contribution in [0, 0.1) is 6.92 Å². The molecule has 0 saturated carbocycles. The third kappa shape index (κ3) is 1.54. The number of nitrogen functional groups attached to an aromatic ring is 1. The molecular formula is C10H11N3. The van der Waals surface area contributed by atoms with Crippen molar-refractivity contribution in [2.75, 3.05) is 5.73 Å². The molecule has 0 spiro atoms. The van der Waals surface area contributed by atoms with E-state index in [9.17, 15) is 0 Å². The average Bonchev–Trinajstić information content (AvgIpc) is 2.53. The molecule has 0 aliphatic heterocycles. The number of anilines is 1.